The molecule has 0 saturated heterocycles. The maximum absolute atomic E-state index is 13.3. The number of fused-ring (bicyclic) bond motifs is 3. The molecular formula is C26H37N5O4S2. The molecule has 202 valence electrons. The maximum atomic E-state index is 13.3. The number of anilines is 1. The maximum Gasteiger partial charge on any atom is 0.407 e. The Labute approximate surface area is 224 Å². The minimum Gasteiger partial charge on any atom is -0.447 e. The van der Waals surface area contributed by atoms with Gasteiger partial charge in [0.05, 0.1) is 20.9 Å². The number of ether oxygens (including phenoxy) is 1. The highest BCUT2D eigenvalue weighted by atomic mass is 32.2. The van der Waals surface area contributed by atoms with E-state index in [9.17, 15) is 13.8 Å². The molecular weight excluding hydrogens is 510 g/mol. The van der Waals surface area contributed by atoms with Gasteiger partial charge in [-0.1, -0.05) is 6.07 Å². The number of rotatable bonds is 7. The molecule has 3 amide bonds. The largest absolute Gasteiger partial charge is 0.447 e. The van der Waals surface area contributed by atoms with E-state index in [2.05, 4.69) is 15.4 Å². The molecule has 2 aromatic rings. The fourth-order valence-electron chi connectivity index (χ4n) is 5.23. The van der Waals surface area contributed by atoms with Gasteiger partial charge in [-0.15, -0.1) is 11.3 Å². The van der Waals surface area contributed by atoms with Crippen LogP contribution in [0.2, 0.25) is 0 Å². The quantitative estimate of drug-likeness (QED) is 0.378. The summed E-state index contributed by atoms with van der Waals surface area (Å²) in [6, 6.07) is 4.64. The highest BCUT2D eigenvalue weighted by Gasteiger charge is 2.51. The minimum absolute atomic E-state index is 0.00919. The zero-order valence-electron chi connectivity index (χ0n) is 22.1. The molecule has 1 atom stereocenters. The number of nitrogens with zero attached hydrogens (tertiary/aromatic N) is 1. The van der Waals surface area contributed by atoms with E-state index < -0.39 is 17.0 Å². The topological polar surface area (TPSA) is 135 Å². The van der Waals surface area contributed by atoms with E-state index in [1.165, 1.54) is 0 Å². The minimum atomic E-state index is -1.52. The highest BCUT2D eigenvalue weighted by molar-refractivity contribution is 7.83. The summed E-state index contributed by atoms with van der Waals surface area (Å²) in [6.45, 7) is 9.55. The predicted octanol–water partition coefficient (Wildman–Crippen LogP) is 5.19. The summed E-state index contributed by atoms with van der Waals surface area (Å²) in [5.74, 6) is 0. The van der Waals surface area contributed by atoms with Crippen LogP contribution in [0.3, 0.4) is 0 Å². The average Bonchev–Trinajstić information content (AvgIpc) is 3.29. The van der Waals surface area contributed by atoms with Crippen LogP contribution in [0.4, 0.5) is 15.3 Å². The molecule has 1 unspecified atom stereocenters. The lowest BCUT2D eigenvalue weighted by molar-refractivity contribution is 0.0560. The molecule has 9 nitrogen and oxygen atoms in total. The highest BCUT2D eigenvalue weighted by Crippen LogP contribution is 2.55. The number of amides is 3. The second-order valence-electron chi connectivity index (χ2n) is 11.5. The standard InChI is InChI=1S/C26H37N5O4S2/c1-16(2)35-23(33)30-26-11-8-25(9-12-26,10-13-26)21-28-15-19(36-21)18-7-6-17(29-22(27)32)14-20(18)37(34)31-24(3,4)5/h6-7,14-16,31H,8-13H2,1-5H3,(H,30,33)(H3,27,29,32). The van der Waals surface area contributed by atoms with Gasteiger partial charge in [0.2, 0.25) is 0 Å². The Morgan fingerprint density at radius 1 is 1.14 bits per heavy atom. The molecule has 11 heteroatoms. The molecule has 5 rings (SSSR count). The monoisotopic (exact) mass is 547 g/mol. The van der Waals surface area contributed by atoms with Crippen molar-refractivity contribution in [1.82, 2.24) is 15.0 Å². The van der Waals surface area contributed by atoms with Crippen molar-refractivity contribution in [1.29, 1.82) is 0 Å². The summed E-state index contributed by atoms with van der Waals surface area (Å²) in [6.07, 6.45) is 6.93. The molecule has 0 spiro atoms. The van der Waals surface area contributed by atoms with Crippen LogP contribution in [0.1, 0.15) is 78.2 Å². The Hall–Kier alpha value is -2.50. The number of carbonyl (C=O) groups is 2. The number of hydrogen-bond acceptors (Lipinski definition) is 6. The number of nitrogens with one attached hydrogen (secondary N) is 3. The number of alkyl carbamates (subject to hydrolysis) is 1. The van der Waals surface area contributed by atoms with E-state index in [4.69, 9.17) is 15.5 Å². The molecule has 3 fully saturated rings. The lowest BCUT2D eigenvalue weighted by Crippen LogP contribution is -2.58. The zero-order valence-corrected chi connectivity index (χ0v) is 23.7. The summed E-state index contributed by atoms with van der Waals surface area (Å²) in [7, 11) is -1.52. The summed E-state index contributed by atoms with van der Waals surface area (Å²) in [5.41, 5.74) is 6.01. The SMILES string of the molecule is CC(C)OC(=O)NC12CCC(c3ncc(-c4ccc(NC(N)=O)cc4S(=O)NC(C)(C)C)s3)(CC1)CC2. The van der Waals surface area contributed by atoms with Gasteiger partial charge in [0.25, 0.3) is 0 Å². The third kappa shape index (κ3) is 6.32. The average molecular weight is 548 g/mol. The van der Waals surface area contributed by atoms with Crippen molar-refractivity contribution in [2.75, 3.05) is 5.32 Å². The first-order valence-corrected chi connectivity index (χ1v) is 14.6. The van der Waals surface area contributed by atoms with Crippen LogP contribution < -0.4 is 21.1 Å². The third-order valence-corrected chi connectivity index (χ3v) is 9.84. The molecule has 1 heterocycles. The van der Waals surface area contributed by atoms with Gasteiger partial charge in [-0.05, 0) is 85.3 Å². The lowest BCUT2D eigenvalue weighted by atomic mass is 9.57. The first kappa shape index (κ1) is 27.5. The van der Waals surface area contributed by atoms with Crippen LogP contribution in [0.25, 0.3) is 10.4 Å². The van der Waals surface area contributed by atoms with E-state index in [0.717, 1.165) is 54.0 Å². The molecule has 2 bridgehead atoms. The molecule has 5 N–H and O–H groups in total. The van der Waals surface area contributed by atoms with E-state index in [1.807, 2.05) is 46.9 Å². The van der Waals surface area contributed by atoms with Crippen LogP contribution in [-0.4, -0.2) is 38.5 Å². The fraction of sp³-hybridized carbons (Fsp3) is 0.577. The van der Waals surface area contributed by atoms with Crippen molar-refractivity contribution in [3.05, 3.63) is 29.4 Å². The molecule has 0 aliphatic heterocycles. The van der Waals surface area contributed by atoms with Gasteiger partial charge >= 0.3 is 12.1 Å². The Balaban J connectivity index is 1.57. The Morgan fingerprint density at radius 3 is 2.35 bits per heavy atom. The van der Waals surface area contributed by atoms with E-state index in [-0.39, 0.29) is 28.7 Å². The summed E-state index contributed by atoms with van der Waals surface area (Å²) in [5, 5.41) is 6.81. The van der Waals surface area contributed by atoms with Gasteiger partial charge in [-0.2, -0.15) is 0 Å². The first-order valence-electron chi connectivity index (χ1n) is 12.7. The second-order valence-corrected chi connectivity index (χ2v) is 13.7. The Bertz CT molecular complexity index is 1180. The van der Waals surface area contributed by atoms with Gasteiger partial charge in [0.1, 0.15) is 11.0 Å². The van der Waals surface area contributed by atoms with Crippen molar-refractivity contribution in [3.63, 3.8) is 0 Å². The number of aromatic nitrogens is 1. The van der Waals surface area contributed by atoms with Gasteiger partial charge in [0.15, 0.2) is 0 Å². The van der Waals surface area contributed by atoms with Crippen LogP contribution in [0, 0.1) is 0 Å². The van der Waals surface area contributed by atoms with Gasteiger partial charge in [0, 0.05) is 33.9 Å². The first-order chi connectivity index (χ1) is 17.3. The summed E-state index contributed by atoms with van der Waals surface area (Å²) in [4.78, 5) is 30.0. The van der Waals surface area contributed by atoms with Crippen molar-refractivity contribution in [2.24, 2.45) is 5.73 Å². The van der Waals surface area contributed by atoms with E-state index in [0.29, 0.717) is 10.6 Å². The van der Waals surface area contributed by atoms with E-state index in [1.54, 1.807) is 23.5 Å². The number of primary amides is 1. The predicted molar refractivity (Wildman–Crippen MR) is 147 cm³/mol. The smallest absolute Gasteiger partial charge is 0.407 e. The number of carbonyl (C=O) groups excluding carboxylic acids is 2. The van der Waals surface area contributed by atoms with Crippen molar-refractivity contribution < 1.29 is 18.5 Å². The van der Waals surface area contributed by atoms with Crippen LogP contribution >= 0.6 is 11.3 Å². The lowest BCUT2D eigenvalue weighted by Gasteiger charge is -2.52. The number of benzene rings is 1. The number of nitrogens with two attached hydrogens (primary N) is 1. The Morgan fingerprint density at radius 2 is 1.78 bits per heavy atom. The summed E-state index contributed by atoms with van der Waals surface area (Å²) >= 11 is 1.63. The van der Waals surface area contributed by atoms with Crippen molar-refractivity contribution >= 4 is 40.1 Å². The molecule has 37 heavy (non-hydrogen) atoms. The fourth-order valence-corrected chi connectivity index (χ4v) is 7.80. The van der Waals surface area contributed by atoms with E-state index >= 15 is 0 Å². The normalized spacial score (nSPS) is 24.1. The Kier molecular flexibility index (Phi) is 7.69. The molecule has 3 saturated carbocycles. The molecule has 1 aromatic heterocycles. The van der Waals surface area contributed by atoms with Crippen molar-refractivity contribution in [2.45, 2.75) is 101 Å². The van der Waals surface area contributed by atoms with Crippen LogP contribution in [-0.2, 0) is 21.1 Å². The van der Waals surface area contributed by atoms with Crippen LogP contribution in [0.5, 0.6) is 0 Å². The zero-order chi connectivity index (χ0) is 27.0. The molecule has 3 aliphatic carbocycles. The van der Waals surface area contributed by atoms with Gasteiger partial charge < -0.3 is 21.1 Å². The third-order valence-electron chi connectivity index (χ3n) is 7.03. The molecule has 0 radical (unpaired) electrons. The van der Waals surface area contributed by atoms with Gasteiger partial charge in [-0.25, -0.2) is 23.5 Å². The van der Waals surface area contributed by atoms with Crippen molar-refractivity contribution in [3.8, 4) is 10.4 Å². The number of hydrogen-bond donors (Lipinski definition) is 4. The number of urea groups is 1. The second kappa shape index (κ2) is 10.3. The number of thiazole rings is 1. The molecule has 1 aromatic carbocycles. The summed E-state index contributed by atoms with van der Waals surface area (Å²) < 4.78 is 21.8. The van der Waals surface area contributed by atoms with Gasteiger partial charge in [-0.3, -0.25) is 0 Å². The molecule has 3 aliphatic rings. The van der Waals surface area contributed by atoms with Crippen LogP contribution in [0.15, 0.2) is 29.3 Å².